The third kappa shape index (κ3) is 3.89. The minimum absolute atomic E-state index is 0.374. The Morgan fingerprint density at radius 2 is 2.09 bits per heavy atom. The van der Waals surface area contributed by atoms with E-state index in [0.717, 1.165) is 10.5 Å². The van der Waals surface area contributed by atoms with Crippen molar-refractivity contribution in [3.63, 3.8) is 0 Å². The Bertz CT molecular complexity index is 762. The van der Waals surface area contributed by atoms with Crippen LogP contribution in [0.2, 0.25) is 0 Å². The lowest BCUT2D eigenvalue weighted by atomic mass is 10.2. The Labute approximate surface area is 133 Å². The number of hydrogen-bond donors (Lipinski definition) is 2. The molecule has 0 saturated heterocycles. The molecule has 7 nitrogen and oxygen atoms in total. The van der Waals surface area contributed by atoms with Gasteiger partial charge >= 0.3 is 5.69 Å². The average molecular weight is 364 g/mol. The molecule has 2 aromatic carbocycles. The summed E-state index contributed by atoms with van der Waals surface area (Å²) in [5.41, 5.74) is 2.68. The SMILES string of the molecule is O=C(NN=Cc1ccc(O)c([N+](=O)[O-])c1)c1cccc(Br)c1. The number of phenolic OH excluding ortho intramolecular Hbond substituents is 1. The molecule has 0 heterocycles. The fourth-order valence-corrected chi connectivity index (χ4v) is 2.03. The van der Waals surface area contributed by atoms with E-state index < -0.39 is 22.3 Å². The van der Waals surface area contributed by atoms with Gasteiger partial charge in [0.1, 0.15) is 0 Å². The number of amides is 1. The highest BCUT2D eigenvalue weighted by Crippen LogP contribution is 2.25. The number of nitro benzene ring substituents is 1. The maximum absolute atomic E-state index is 11.8. The summed E-state index contributed by atoms with van der Waals surface area (Å²) < 4.78 is 0.762. The summed E-state index contributed by atoms with van der Waals surface area (Å²) in [5, 5.41) is 23.8. The summed E-state index contributed by atoms with van der Waals surface area (Å²) in [7, 11) is 0. The van der Waals surface area contributed by atoms with Crippen molar-refractivity contribution in [2.75, 3.05) is 0 Å². The lowest BCUT2D eigenvalue weighted by Gasteiger charge is -2.00. The molecule has 0 aliphatic rings. The third-order valence-electron chi connectivity index (χ3n) is 2.66. The second kappa shape index (κ2) is 6.81. The normalized spacial score (nSPS) is 10.6. The number of carbonyl (C=O) groups excluding carboxylic acids is 1. The lowest BCUT2D eigenvalue weighted by Crippen LogP contribution is -2.17. The van der Waals surface area contributed by atoms with Crippen molar-refractivity contribution in [2.24, 2.45) is 5.10 Å². The van der Waals surface area contributed by atoms with Gasteiger partial charge in [-0.3, -0.25) is 14.9 Å². The van der Waals surface area contributed by atoms with Gasteiger partial charge < -0.3 is 5.11 Å². The van der Waals surface area contributed by atoms with Gasteiger partial charge in [-0.2, -0.15) is 5.10 Å². The highest BCUT2D eigenvalue weighted by Gasteiger charge is 2.12. The Morgan fingerprint density at radius 3 is 2.77 bits per heavy atom. The zero-order valence-electron chi connectivity index (χ0n) is 11.1. The predicted octanol–water partition coefficient (Wildman–Crippen LogP) is 2.83. The molecule has 1 amide bonds. The molecule has 0 radical (unpaired) electrons. The molecule has 0 fully saturated rings. The van der Waals surface area contributed by atoms with Crippen molar-refractivity contribution >= 4 is 33.7 Å². The Kier molecular flexibility index (Phi) is 4.84. The number of nitrogens with zero attached hydrogens (tertiary/aromatic N) is 2. The van der Waals surface area contributed by atoms with Crippen LogP contribution in [-0.2, 0) is 0 Å². The molecule has 0 unspecified atom stereocenters. The van der Waals surface area contributed by atoms with Crippen LogP contribution >= 0.6 is 15.9 Å². The lowest BCUT2D eigenvalue weighted by molar-refractivity contribution is -0.385. The first-order valence-corrected chi connectivity index (χ1v) is 6.83. The first-order chi connectivity index (χ1) is 10.5. The predicted molar refractivity (Wildman–Crippen MR) is 84.0 cm³/mol. The number of carbonyl (C=O) groups is 1. The standard InChI is InChI=1S/C14H10BrN3O4/c15-11-3-1-2-10(7-11)14(20)17-16-8-9-4-5-13(19)12(6-9)18(21)22/h1-8,19H,(H,17,20). The number of rotatable bonds is 4. The van der Waals surface area contributed by atoms with Crippen molar-refractivity contribution in [3.8, 4) is 5.75 Å². The van der Waals surface area contributed by atoms with Crippen molar-refractivity contribution in [1.82, 2.24) is 5.43 Å². The highest BCUT2D eigenvalue weighted by atomic mass is 79.9. The van der Waals surface area contributed by atoms with E-state index in [0.29, 0.717) is 11.1 Å². The van der Waals surface area contributed by atoms with Gasteiger partial charge in [-0.25, -0.2) is 5.43 Å². The summed E-state index contributed by atoms with van der Waals surface area (Å²) in [4.78, 5) is 21.8. The molecular weight excluding hydrogens is 354 g/mol. The topological polar surface area (TPSA) is 105 Å². The summed E-state index contributed by atoms with van der Waals surface area (Å²) in [6.07, 6.45) is 1.25. The van der Waals surface area contributed by atoms with Crippen LogP contribution in [0.25, 0.3) is 0 Å². The number of hydrazone groups is 1. The number of nitrogens with one attached hydrogen (secondary N) is 1. The number of benzene rings is 2. The largest absolute Gasteiger partial charge is 0.502 e. The zero-order valence-corrected chi connectivity index (χ0v) is 12.6. The summed E-state index contributed by atoms with van der Waals surface area (Å²) in [5.74, 6) is -0.842. The molecule has 2 aromatic rings. The van der Waals surface area contributed by atoms with Crippen LogP contribution in [0.3, 0.4) is 0 Å². The number of phenols is 1. The number of halogens is 1. The quantitative estimate of drug-likeness (QED) is 0.494. The van der Waals surface area contributed by atoms with E-state index in [1.807, 2.05) is 0 Å². The molecule has 0 bridgehead atoms. The van der Waals surface area contributed by atoms with E-state index in [4.69, 9.17) is 0 Å². The summed E-state index contributed by atoms with van der Waals surface area (Å²) in [6.45, 7) is 0. The molecule has 112 valence electrons. The van der Waals surface area contributed by atoms with Crippen LogP contribution in [0.4, 0.5) is 5.69 Å². The molecule has 2 N–H and O–H groups in total. The minimum Gasteiger partial charge on any atom is -0.502 e. The minimum atomic E-state index is -0.702. The van der Waals surface area contributed by atoms with Crippen LogP contribution in [0, 0.1) is 10.1 Å². The van der Waals surface area contributed by atoms with E-state index in [1.165, 1.54) is 18.3 Å². The van der Waals surface area contributed by atoms with Gasteiger partial charge in [-0.05, 0) is 30.3 Å². The van der Waals surface area contributed by atoms with E-state index in [2.05, 4.69) is 26.5 Å². The second-order valence-electron chi connectivity index (χ2n) is 4.21. The highest BCUT2D eigenvalue weighted by molar-refractivity contribution is 9.10. The van der Waals surface area contributed by atoms with Crippen LogP contribution in [0.5, 0.6) is 5.75 Å². The third-order valence-corrected chi connectivity index (χ3v) is 3.16. The molecule has 2 rings (SSSR count). The first-order valence-electron chi connectivity index (χ1n) is 6.04. The maximum Gasteiger partial charge on any atom is 0.311 e. The van der Waals surface area contributed by atoms with Gasteiger partial charge in [0.15, 0.2) is 5.75 Å². The van der Waals surface area contributed by atoms with Crippen molar-refractivity contribution in [3.05, 3.63) is 68.2 Å². The van der Waals surface area contributed by atoms with Crippen LogP contribution in [-0.4, -0.2) is 22.2 Å². The van der Waals surface area contributed by atoms with Gasteiger partial charge in [0.05, 0.1) is 11.1 Å². The number of aromatic hydroxyl groups is 1. The smallest absolute Gasteiger partial charge is 0.311 e. The van der Waals surface area contributed by atoms with Crippen molar-refractivity contribution in [1.29, 1.82) is 0 Å². The fourth-order valence-electron chi connectivity index (χ4n) is 1.63. The first kappa shape index (κ1) is 15.6. The second-order valence-corrected chi connectivity index (χ2v) is 5.13. The fraction of sp³-hybridized carbons (Fsp3) is 0. The van der Waals surface area contributed by atoms with Gasteiger partial charge in [0.25, 0.3) is 5.91 Å². The molecule has 0 aromatic heterocycles. The molecule has 0 atom stereocenters. The van der Waals surface area contributed by atoms with E-state index in [1.54, 1.807) is 24.3 Å². The van der Waals surface area contributed by atoms with E-state index in [9.17, 15) is 20.0 Å². The Balaban J connectivity index is 2.08. The molecule has 8 heteroatoms. The molecule has 22 heavy (non-hydrogen) atoms. The van der Waals surface area contributed by atoms with Gasteiger partial charge in [0.2, 0.25) is 0 Å². The van der Waals surface area contributed by atoms with Crippen molar-refractivity contribution in [2.45, 2.75) is 0 Å². The van der Waals surface area contributed by atoms with E-state index in [-0.39, 0.29) is 0 Å². The van der Waals surface area contributed by atoms with Crippen LogP contribution in [0.1, 0.15) is 15.9 Å². The monoisotopic (exact) mass is 363 g/mol. The average Bonchev–Trinajstić information content (AvgIpc) is 2.48. The maximum atomic E-state index is 11.8. The number of nitro groups is 1. The van der Waals surface area contributed by atoms with Crippen LogP contribution in [0.15, 0.2) is 52.0 Å². The van der Waals surface area contributed by atoms with Gasteiger partial charge in [-0.15, -0.1) is 0 Å². The Hall–Kier alpha value is -2.74. The molecule has 0 spiro atoms. The van der Waals surface area contributed by atoms with Gasteiger partial charge in [0, 0.05) is 21.7 Å². The molecule has 0 saturated carbocycles. The molecule has 0 aliphatic heterocycles. The summed E-state index contributed by atoms with van der Waals surface area (Å²) >= 11 is 3.26. The van der Waals surface area contributed by atoms with Gasteiger partial charge in [-0.1, -0.05) is 22.0 Å². The van der Waals surface area contributed by atoms with E-state index >= 15 is 0 Å². The summed E-state index contributed by atoms with van der Waals surface area (Å²) in [6, 6.07) is 10.6. The molecule has 0 aliphatic carbocycles. The Morgan fingerprint density at radius 1 is 1.32 bits per heavy atom. The molecular formula is C14H10BrN3O4. The zero-order chi connectivity index (χ0) is 16.1. The van der Waals surface area contributed by atoms with Crippen LogP contribution < -0.4 is 5.43 Å². The van der Waals surface area contributed by atoms with Crippen molar-refractivity contribution < 1.29 is 14.8 Å². The number of hydrogen-bond acceptors (Lipinski definition) is 5.